The molecular weight excluding hydrogens is 357 g/mol. The van der Waals surface area contributed by atoms with E-state index in [0.29, 0.717) is 31.9 Å². The van der Waals surface area contributed by atoms with Crippen LogP contribution in [0.25, 0.3) is 0 Å². The van der Waals surface area contributed by atoms with Gasteiger partial charge in [0.25, 0.3) is 5.91 Å². The molecule has 0 fully saturated rings. The first-order chi connectivity index (χ1) is 10.8. The number of hydrogen-bond donors (Lipinski definition) is 2. The van der Waals surface area contributed by atoms with Gasteiger partial charge < -0.3 is 11.1 Å². The number of carbonyl (C=O) groups excluding carboxylic acids is 1. The van der Waals surface area contributed by atoms with Gasteiger partial charge in [-0.05, 0) is 48.4 Å². The SMILES string of the molecule is Cc1cc(Cl)cc(C(=O)NC(C#N)c2cc(Cl)cc(Cl)c2)c1N. The van der Waals surface area contributed by atoms with Gasteiger partial charge in [0.1, 0.15) is 6.04 Å². The zero-order chi connectivity index (χ0) is 17.1. The average molecular weight is 369 g/mol. The quantitative estimate of drug-likeness (QED) is 0.781. The highest BCUT2D eigenvalue weighted by Gasteiger charge is 2.19. The molecule has 1 amide bonds. The van der Waals surface area contributed by atoms with E-state index in [1.165, 1.54) is 6.07 Å². The molecule has 0 saturated heterocycles. The molecular formula is C16H12Cl3N3O. The van der Waals surface area contributed by atoms with Gasteiger partial charge in [-0.3, -0.25) is 4.79 Å². The Bertz CT molecular complexity index is 795. The van der Waals surface area contributed by atoms with E-state index in [4.69, 9.17) is 40.5 Å². The highest BCUT2D eigenvalue weighted by Crippen LogP contribution is 2.26. The van der Waals surface area contributed by atoms with E-state index in [-0.39, 0.29) is 5.56 Å². The third kappa shape index (κ3) is 4.08. The van der Waals surface area contributed by atoms with E-state index >= 15 is 0 Å². The Kier molecular flexibility index (Phi) is 5.38. The lowest BCUT2D eigenvalue weighted by molar-refractivity contribution is 0.0946. The highest BCUT2D eigenvalue weighted by atomic mass is 35.5. The molecule has 0 saturated carbocycles. The second-order valence-corrected chi connectivity index (χ2v) is 6.23. The molecule has 23 heavy (non-hydrogen) atoms. The normalized spacial score (nSPS) is 11.6. The molecule has 0 aliphatic heterocycles. The van der Waals surface area contributed by atoms with Crippen LogP contribution < -0.4 is 11.1 Å². The first-order valence-electron chi connectivity index (χ1n) is 6.54. The van der Waals surface area contributed by atoms with Crippen LogP contribution in [0.3, 0.4) is 0 Å². The molecule has 0 aliphatic carbocycles. The average Bonchev–Trinajstić information content (AvgIpc) is 2.47. The lowest BCUT2D eigenvalue weighted by Gasteiger charge is -2.15. The standard InChI is InChI=1S/C16H12Cl3N3O/c1-8-2-10(17)6-13(15(8)21)16(23)22-14(7-20)9-3-11(18)5-12(19)4-9/h2-6,14H,21H2,1H3,(H,22,23). The molecule has 2 aromatic rings. The maximum absolute atomic E-state index is 12.4. The van der Waals surface area contributed by atoms with Gasteiger partial charge in [0.2, 0.25) is 0 Å². The van der Waals surface area contributed by atoms with Gasteiger partial charge in [0, 0.05) is 20.8 Å². The Labute approximate surface area is 148 Å². The van der Waals surface area contributed by atoms with Crippen LogP contribution in [-0.2, 0) is 0 Å². The summed E-state index contributed by atoms with van der Waals surface area (Å²) in [6, 6.07) is 8.87. The zero-order valence-electron chi connectivity index (χ0n) is 12.0. The fourth-order valence-electron chi connectivity index (χ4n) is 2.08. The minimum atomic E-state index is -0.919. The molecule has 2 rings (SSSR count). The Hall–Kier alpha value is -1.93. The number of benzene rings is 2. The van der Waals surface area contributed by atoms with Gasteiger partial charge in [0.15, 0.2) is 0 Å². The van der Waals surface area contributed by atoms with Gasteiger partial charge >= 0.3 is 0 Å². The number of nitriles is 1. The Morgan fingerprint density at radius 1 is 1.13 bits per heavy atom. The third-order valence-corrected chi connectivity index (χ3v) is 3.87. The molecule has 1 atom stereocenters. The van der Waals surface area contributed by atoms with Crippen molar-refractivity contribution < 1.29 is 4.79 Å². The fraction of sp³-hybridized carbons (Fsp3) is 0.125. The van der Waals surface area contributed by atoms with Gasteiger partial charge in [-0.15, -0.1) is 0 Å². The van der Waals surface area contributed by atoms with Crippen LogP contribution in [0.1, 0.15) is 27.5 Å². The first kappa shape index (κ1) is 17.4. The number of carbonyl (C=O) groups is 1. The molecule has 3 N–H and O–H groups in total. The van der Waals surface area contributed by atoms with Crippen LogP contribution in [0.15, 0.2) is 30.3 Å². The molecule has 0 aromatic heterocycles. The summed E-state index contributed by atoms with van der Waals surface area (Å²) in [5.74, 6) is -0.504. The smallest absolute Gasteiger partial charge is 0.254 e. The van der Waals surface area contributed by atoms with Crippen molar-refractivity contribution >= 4 is 46.4 Å². The topological polar surface area (TPSA) is 78.9 Å². The Balaban J connectivity index is 2.33. The van der Waals surface area contributed by atoms with Crippen molar-refractivity contribution in [2.24, 2.45) is 0 Å². The van der Waals surface area contributed by atoms with Gasteiger partial charge in [0.05, 0.1) is 11.6 Å². The zero-order valence-corrected chi connectivity index (χ0v) is 14.3. The summed E-state index contributed by atoms with van der Waals surface area (Å²) in [6.07, 6.45) is 0. The second-order valence-electron chi connectivity index (χ2n) is 4.92. The lowest BCUT2D eigenvalue weighted by atomic mass is 10.1. The van der Waals surface area contributed by atoms with Crippen molar-refractivity contribution in [1.29, 1.82) is 5.26 Å². The van der Waals surface area contributed by atoms with Crippen molar-refractivity contribution in [3.8, 4) is 6.07 Å². The van der Waals surface area contributed by atoms with Gasteiger partial charge in [-0.25, -0.2) is 0 Å². The number of rotatable bonds is 3. The predicted molar refractivity (Wildman–Crippen MR) is 92.9 cm³/mol. The molecule has 4 nitrogen and oxygen atoms in total. The van der Waals surface area contributed by atoms with E-state index in [9.17, 15) is 10.1 Å². The van der Waals surface area contributed by atoms with Crippen LogP contribution in [0.5, 0.6) is 0 Å². The predicted octanol–water partition coefficient (Wildman–Crippen LogP) is 4.53. The van der Waals surface area contributed by atoms with E-state index in [1.54, 1.807) is 31.2 Å². The van der Waals surface area contributed by atoms with Crippen molar-refractivity contribution in [3.05, 3.63) is 62.1 Å². The summed E-state index contributed by atoms with van der Waals surface area (Å²) in [6.45, 7) is 1.75. The van der Waals surface area contributed by atoms with Crippen LogP contribution >= 0.6 is 34.8 Å². The minimum absolute atomic E-state index is 0.211. The number of nitrogen functional groups attached to an aromatic ring is 1. The monoisotopic (exact) mass is 367 g/mol. The minimum Gasteiger partial charge on any atom is -0.398 e. The Morgan fingerprint density at radius 3 is 2.26 bits per heavy atom. The number of nitrogens with two attached hydrogens (primary N) is 1. The van der Waals surface area contributed by atoms with Crippen LogP contribution in [0.4, 0.5) is 5.69 Å². The Morgan fingerprint density at radius 2 is 1.70 bits per heavy atom. The molecule has 1 unspecified atom stereocenters. The summed E-state index contributed by atoms with van der Waals surface area (Å²) < 4.78 is 0. The van der Waals surface area contributed by atoms with Gasteiger partial charge in [-0.2, -0.15) is 5.26 Å². The number of nitrogens with one attached hydrogen (secondary N) is 1. The number of aryl methyl sites for hydroxylation is 1. The van der Waals surface area contributed by atoms with Gasteiger partial charge in [-0.1, -0.05) is 34.8 Å². The maximum atomic E-state index is 12.4. The molecule has 0 heterocycles. The van der Waals surface area contributed by atoms with Crippen molar-refractivity contribution in [2.75, 3.05) is 5.73 Å². The van der Waals surface area contributed by atoms with Crippen molar-refractivity contribution in [2.45, 2.75) is 13.0 Å². The van der Waals surface area contributed by atoms with E-state index in [1.807, 2.05) is 6.07 Å². The van der Waals surface area contributed by atoms with Crippen molar-refractivity contribution in [1.82, 2.24) is 5.32 Å². The molecule has 0 aliphatic rings. The number of anilines is 1. The number of amides is 1. The molecule has 118 valence electrons. The number of halogens is 3. The fourth-order valence-corrected chi connectivity index (χ4v) is 2.90. The first-order valence-corrected chi connectivity index (χ1v) is 7.67. The molecule has 0 spiro atoms. The molecule has 0 bridgehead atoms. The van der Waals surface area contributed by atoms with E-state index < -0.39 is 11.9 Å². The van der Waals surface area contributed by atoms with Crippen molar-refractivity contribution in [3.63, 3.8) is 0 Å². The summed E-state index contributed by atoms with van der Waals surface area (Å²) >= 11 is 17.8. The molecule has 0 radical (unpaired) electrons. The summed E-state index contributed by atoms with van der Waals surface area (Å²) in [5.41, 5.74) is 7.60. The maximum Gasteiger partial charge on any atom is 0.254 e. The summed E-state index contributed by atoms with van der Waals surface area (Å²) in [7, 11) is 0. The second kappa shape index (κ2) is 7.10. The summed E-state index contributed by atoms with van der Waals surface area (Å²) in [4.78, 5) is 12.4. The van der Waals surface area contributed by atoms with Crippen LogP contribution in [0, 0.1) is 18.3 Å². The number of nitrogens with zero attached hydrogens (tertiary/aromatic N) is 1. The molecule has 2 aromatic carbocycles. The third-order valence-electron chi connectivity index (χ3n) is 3.22. The molecule has 7 heteroatoms. The van der Waals surface area contributed by atoms with Crippen LogP contribution in [0.2, 0.25) is 15.1 Å². The highest BCUT2D eigenvalue weighted by molar-refractivity contribution is 6.34. The number of hydrogen-bond acceptors (Lipinski definition) is 3. The lowest BCUT2D eigenvalue weighted by Crippen LogP contribution is -2.28. The summed E-state index contributed by atoms with van der Waals surface area (Å²) in [5, 5.41) is 13.1. The largest absolute Gasteiger partial charge is 0.398 e. The van der Waals surface area contributed by atoms with E-state index in [0.717, 1.165) is 0 Å². The van der Waals surface area contributed by atoms with E-state index in [2.05, 4.69) is 5.32 Å². The van der Waals surface area contributed by atoms with Crippen LogP contribution in [-0.4, -0.2) is 5.91 Å².